The van der Waals surface area contributed by atoms with Gasteiger partial charge < -0.3 is 14.6 Å². The highest BCUT2D eigenvalue weighted by molar-refractivity contribution is 6.51. The lowest BCUT2D eigenvalue weighted by molar-refractivity contribution is -0.132. The van der Waals surface area contributed by atoms with Crippen molar-refractivity contribution in [3.63, 3.8) is 0 Å². The molecule has 1 atom stereocenters. The predicted molar refractivity (Wildman–Crippen MR) is 136 cm³/mol. The van der Waals surface area contributed by atoms with Crippen LogP contribution in [-0.4, -0.2) is 31.0 Å². The number of hydrogen-bond acceptors (Lipinski definition) is 5. The highest BCUT2D eigenvalue weighted by atomic mass is 19.1. The number of ketones is 1. The SMILES string of the molecule is COc1cccc(N2C(=O)C(=O)/C(=C(/O)c3cc(C(C)C)c(OC)cc3C)C2c2ccccc2F)c1. The smallest absolute Gasteiger partial charge is 0.300 e. The number of methoxy groups -OCH3 is 2. The first-order valence-corrected chi connectivity index (χ1v) is 11.6. The number of hydrogen-bond donors (Lipinski definition) is 1. The molecular formula is C29H28FNO5. The number of aliphatic hydroxyl groups is 1. The monoisotopic (exact) mass is 489 g/mol. The van der Waals surface area contributed by atoms with Crippen LogP contribution in [0.25, 0.3) is 5.76 Å². The molecule has 0 aromatic heterocycles. The van der Waals surface area contributed by atoms with Crippen LogP contribution in [0.15, 0.2) is 66.2 Å². The number of halogens is 1. The number of aryl methyl sites for hydroxylation is 1. The molecular weight excluding hydrogens is 461 g/mol. The molecule has 1 N–H and O–H groups in total. The number of anilines is 1. The lowest BCUT2D eigenvalue weighted by Gasteiger charge is -2.26. The third-order valence-electron chi connectivity index (χ3n) is 6.43. The summed E-state index contributed by atoms with van der Waals surface area (Å²) in [6, 6.07) is 14.9. The van der Waals surface area contributed by atoms with Gasteiger partial charge in [0.1, 0.15) is 23.1 Å². The second-order valence-electron chi connectivity index (χ2n) is 8.96. The number of Topliss-reactive ketones (excluding diaryl/α,β-unsaturated/α-hetero) is 1. The standard InChI is InChI=1S/C29H28FNO5/c1-16(2)21-15-22(17(3)13-24(21)36-5)27(32)25-26(20-11-6-7-12-23(20)30)31(29(34)28(25)33)18-9-8-10-19(14-18)35-4/h6-16,26,32H,1-5H3/b27-25+. The topological polar surface area (TPSA) is 76.1 Å². The van der Waals surface area contributed by atoms with E-state index >= 15 is 4.39 Å². The summed E-state index contributed by atoms with van der Waals surface area (Å²) in [5, 5.41) is 11.5. The Kier molecular flexibility index (Phi) is 6.84. The number of rotatable bonds is 6. The van der Waals surface area contributed by atoms with Crippen molar-refractivity contribution in [3.05, 3.63) is 94.3 Å². The maximum Gasteiger partial charge on any atom is 0.300 e. The summed E-state index contributed by atoms with van der Waals surface area (Å²) in [4.78, 5) is 28.0. The van der Waals surface area contributed by atoms with Crippen molar-refractivity contribution in [1.29, 1.82) is 0 Å². The highest BCUT2D eigenvalue weighted by Crippen LogP contribution is 2.44. The summed E-state index contributed by atoms with van der Waals surface area (Å²) in [5.41, 5.74) is 2.11. The summed E-state index contributed by atoms with van der Waals surface area (Å²) < 4.78 is 25.9. The molecule has 0 saturated carbocycles. The molecule has 4 rings (SSSR count). The van der Waals surface area contributed by atoms with E-state index in [1.165, 1.54) is 30.2 Å². The predicted octanol–water partition coefficient (Wildman–Crippen LogP) is 5.90. The van der Waals surface area contributed by atoms with Gasteiger partial charge in [0.05, 0.1) is 25.8 Å². The molecule has 1 unspecified atom stereocenters. The zero-order valence-electron chi connectivity index (χ0n) is 20.8. The molecule has 1 heterocycles. The van der Waals surface area contributed by atoms with E-state index in [1.54, 1.807) is 56.5 Å². The number of benzene rings is 3. The van der Waals surface area contributed by atoms with Gasteiger partial charge >= 0.3 is 0 Å². The summed E-state index contributed by atoms with van der Waals surface area (Å²) in [6.07, 6.45) is 0. The Morgan fingerprint density at radius 2 is 1.72 bits per heavy atom. The van der Waals surface area contributed by atoms with Crippen LogP contribution in [0.1, 0.15) is 48.1 Å². The van der Waals surface area contributed by atoms with E-state index in [0.29, 0.717) is 28.3 Å². The molecule has 186 valence electrons. The van der Waals surface area contributed by atoms with Crippen LogP contribution in [0.5, 0.6) is 11.5 Å². The quantitative estimate of drug-likeness (QED) is 0.265. The minimum absolute atomic E-state index is 0.0636. The molecule has 6 nitrogen and oxygen atoms in total. The molecule has 0 aliphatic carbocycles. The fourth-order valence-corrected chi connectivity index (χ4v) is 4.58. The summed E-state index contributed by atoms with van der Waals surface area (Å²) in [7, 11) is 3.05. The average molecular weight is 490 g/mol. The second kappa shape index (κ2) is 9.85. The minimum atomic E-state index is -1.18. The number of ether oxygens (including phenoxy) is 2. The van der Waals surface area contributed by atoms with Crippen LogP contribution in [0.3, 0.4) is 0 Å². The summed E-state index contributed by atoms with van der Waals surface area (Å²) in [5.74, 6) is -1.55. The van der Waals surface area contributed by atoms with Gasteiger partial charge in [-0.25, -0.2) is 4.39 Å². The summed E-state index contributed by atoms with van der Waals surface area (Å²) >= 11 is 0. The first kappa shape index (κ1) is 25.0. The van der Waals surface area contributed by atoms with E-state index in [4.69, 9.17) is 9.47 Å². The fourth-order valence-electron chi connectivity index (χ4n) is 4.58. The van der Waals surface area contributed by atoms with Crippen LogP contribution in [0.4, 0.5) is 10.1 Å². The molecule has 1 amide bonds. The van der Waals surface area contributed by atoms with Crippen LogP contribution < -0.4 is 14.4 Å². The molecule has 1 aliphatic rings. The maximum absolute atomic E-state index is 15.1. The normalized spacial score (nSPS) is 17.1. The second-order valence-corrected chi connectivity index (χ2v) is 8.96. The Balaban J connectivity index is 2.01. The van der Waals surface area contributed by atoms with E-state index in [-0.39, 0.29) is 22.8 Å². The van der Waals surface area contributed by atoms with Crippen molar-refractivity contribution >= 4 is 23.1 Å². The maximum atomic E-state index is 15.1. The van der Waals surface area contributed by atoms with Gasteiger partial charge in [-0.2, -0.15) is 0 Å². The van der Waals surface area contributed by atoms with E-state index in [0.717, 1.165) is 5.56 Å². The van der Waals surface area contributed by atoms with Gasteiger partial charge in [-0.1, -0.05) is 38.1 Å². The fraction of sp³-hybridized carbons (Fsp3) is 0.241. The van der Waals surface area contributed by atoms with Crippen molar-refractivity contribution < 1.29 is 28.6 Å². The number of carbonyl (C=O) groups is 2. The van der Waals surface area contributed by atoms with E-state index in [1.807, 2.05) is 13.8 Å². The average Bonchev–Trinajstić information content (AvgIpc) is 3.13. The van der Waals surface area contributed by atoms with Gasteiger partial charge in [-0.3, -0.25) is 14.5 Å². The summed E-state index contributed by atoms with van der Waals surface area (Å²) in [6.45, 7) is 5.74. The Morgan fingerprint density at radius 3 is 2.36 bits per heavy atom. The third kappa shape index (κ3) is 4.21. The van der Waals surface area contributed by atoms with Crippen LogP contribution in [0, 0.1) is 12.7 Å². The largest absolute Gasteiger partial charge is 0.507 e. The van der Waals surface area contributed by atoms with Gasteiger partial charge in [-0.05, 0) is 54.3 Å². The Hall–Kier alpha value is -4.13. The lowest BCUT2D eigenvalue weighted by Crippen LogP contribution is -2.29. The molecule has 36 heavy (non-hydrogen) atoms. The zero-order valence-corrected chi connectivity index (χ0v) is 20.8. The number of nitrogens with zero attached hydrogens (tertiary/aromatic N) is 1. The molecule has 3 aromatic carbocycles. The van der Waals surface area contributed by atoms with E-state index in [9.17, 15) is 14.7 Å². The molecule has 3 aromatic rings. The Morgan fingerprint density at radius 1 is 1.00 bits per heavy atom. The minimum Gasteiger partial charge on any atom is -0.507 e. The van der Waals surface area contributed by atoms with Crippen molar-refractivity contribution in [2.45, 2.75) is 32.7 Å². The van der Waals surface area contributed by atoms with Gasteiger partial charge in [0, 0.05) is 22.9 Å². The first-order chi connectivity index (χ1) is 17.2. The first-order valence-electron chi connectivity index (χ1n) is 11.6. The molecule has 1 saturated heterocycles. The van der Waals surface area contributed by atoms with Gasteiger partial charge in [0.15, 0.2) is 0 Å². The molecule has 7 heteroatoms. The van der Waals surface area contributed by atoms with E-state index in [2.05, 4.69) is 0 Å². The number of aliphatic hydroxyl groups excluding tert-OH is 1. The van der Waals surface area contributed by atoms with Gasteiger partial charge in [0.25, 0.3) is 11.7 Å². The van der Waals surface area contributed by atoms with Crippen LogP contribution >= 0.6 is 0 Å². The van der Waals surface area contributed by atoms with Gasteiger partial charge in [-0.15, -0.1) is 0 Å². The third-order valence-corrected chi connectivity index (χ3v) is 6.43. The van der Waals surface area contributed by atoms with Crippen molar-refractivity contribution in [2.75, 3.05) is 19.1 Å². The van der Waals surface area contributed by atoms with Crippen LogP contribution in [-0.2, 0) is 9.59 Å². The van der Waals surface area contributed by atoms with Crippen molar-refractivity contribution in [1.82, 2.24) is 0 Å². The Bertz CT molecular complexity index is 1380. The number of carbonyl (C=O) groups excluding carboxylic acids is 2. The highest BCUT2D eigenvalue weighted by Gasteiger charge is 2.48. The molecule has 0 bridgehead atoms. The molecule has 1 fully saturated rings. The van der Waals surface area contributed by atoms with E-state index < -0.39 is 23.5 Å². The van der Waals surface area contributed by atoms with Crippen LogP contribution in [0.2, 0.25) is 0 Å². The lowest BCUT2D eigenvalue weighted by atomic mass is 9.91. The number of amides is 1. The molecule has 0 radical (unpaired) electrons. The Labute approximate surface area is 209 Å². The van der Waals surface area contributed by atoms with Crippen molar-refractivity contribution in [3.8, 4) is 11.5 Å². The van der Waals surface area contributed by atoms with Gasteiger partial charge in [0.2, 0.25) is 0 Å². The molecule has 0 spiro atoms. The van der Waals surface area contributed by atoms with Crippen molar-refractivity contribution in [2.24, 2.45) is 0 Å². The molecule has 1 aliphatic heterocycles. The zero-order chi connectivity index (χ0) is 26.1.